The first-order valence-electron chi connectivity index (χ1n) is 7.36. The van der Waals surface area contributed by atoms with Crippen LogP contribution in [0, 0.1) is 0 Å². The molecule has 0 radical (unpaired) electrons. The summed E-state index contributed by atoms with van der Waals surface area (Å²) in [4.78, 5) is 23.4. The molecule has 0 aliphatic heterocycles. The van der Waals surface area contributed by atoms with E-state index in [0.717, 1.165) is 5.56 Å². The fourth-order valence-electron chi connectivity index (χ4n) is 2.04. The lowest BCUT2D eigenvalue weighted by atomic mass is 10.1. The maximum Gasteiger partial charge on any atom is 0.241 e. The highest BCUT2D eigenvalue weighted by molar-refractivity contribution is 6.31. The van der Waals surface area contributed by atoms with E-state index < -0.39 is 0 Å². The van der Waals surface area contributed by atoms with Gasteiger partial charge in [0.25, 0.3) is 0 Å². The Labute approximate surface area is 140 Å². The monoisotopic (exact) mass is 330 g/mol. The molecule has 0 heterocycles. The lowest BCUT2D eigenvalue weighted by Gasteiger charge is -2.15. The Morgan fingerprint density at radius 3 is 2.35 bits per heavy atom. The smallest absolute Gasteiger partial charge is 0.241 e. The molecule has 23 heavy (non-hydrogen) atoms. The van der Waals surface area contributed by atoms with E-state index in [2.05, 4.69) is 10.6 Å². The average Bonchev–Trinajstić information content (AvgIpc) is 2.54. The van der Waals surface area contributed by atoms with Crippen LogP contribution in [-0.2, 0) is 11.3 Å². The van der Waals surface area contributed by atoms with Crippen LogP contribution in [-0.4, -0.2) is 17.7 Å². The summed E-state index contributed by atoms with van der Waals surface area (Å²) in [5, 5.41) is 6.63. The van der Waals surface area contributed by atoms with Gasteiger partial charge in [-0.2, -0.15) is 0 Å². The molecule has 2 rings (SSSR count). The lowest BCUT2D eigenvalue weighted by molar-refractivity contribution is -0.117. The second kappa shape index (κ2) is 7.90. The maximum absolute atomic E-state index is 12.2. The molecule has 0 aliphatic carbocycles. The van der Waals surface area contributed by atoms with Gasteiger partial charge >= 0.3 is 0 Å². The molecule has 1 amide bonds. The minimum absolute atomic E-state index is 0.00217. The van der Waals surface area contributed by atoms with Gasteiger partial charge in [-0.15, -0.1) is 0 Å². The molecule has 2 aromatic rings. The Hall–Kier alpha value is -2.17. The Morgan fingerprint density at radius 1 is 1.09 bits per heavy atom. The maximum atomic E-state index is 12.2. The van der Waals surface area contributed by atoms with Crippen molar-refractivity contribution in [2.24, 2.45) is 0 Å². The first-order valence-corrected chi connectivity index (χ1v) is 7.74. The topological polar surface area (TPSA) is 58.2 Å². The summed E-state index contributed by atoms with van der Waals surface area (Å²) in [5.74, 6) is -0.148. The van der Waals surface area contributed by atoms with Crippen LogP contribution in [0.15, 0.2) is 48.5 Å². The van der Waals surface area contributed by atoms with Crippen LogP contribution in [0.3, 0.4) is 0 Å². The van der Waals surface area contributed by atoms with Crippen molar-refractivity contribution in [3.63, 3.8) is 0 Å². The van der Waals surface area contributed by atoms with Gasteiger partial charge in [-0.1, -0.05) is 29.8 Å². The molecule has 4 nitrogen and oxygen atoms in total. The van der Waals surface area contributed by atoms with Crippen LogP contribution in [0.1, 0.15) is 29.8 Å². The van der Waals surface area contributed by atoms with Gasteiger partial charge in [0, 0.05) is 22.8 Å². The standard InChI is InChI=1S/C18H19ClN2O2/c1-12(20-11-15-5-3-4-6-17(15)19)18(23)21-16-9-7-14(8-10-16)13(2)22/h3-10,12,20H,11H2,1-2H3,(H,21,23)/t12-/m1/s1. The van der Waals surface area contributed by atoms with Crippen molar-refractivity contribution in [3.8, 4) is 0 Å². The van der Waals surface area contributed by atoms with Gasteiger partial charge in [0.1, 0.15) is 0 Å². The fraction of sp³-hybridized carbons (Fsp3) is 0.222. The predicted octanol–water partition coefficient (Wildman–Crippen LogP) is 3.66. The zero-order valence-electron chi connectivity index (χ0n) is 13.1. The summed E-state index contributed by atoms with van der Waals surface area (Å²) in [7, 11) is 0. The summed E-state index contributed by atoms with van der Waals surface area (Å²) in [6.45, 7) is 3.81. The van der Waals surface area contributed by atoms with E-state index in [9.17, 15) is 9.59 Å². The molecule has 0 saturated heterocycles. The summed E-state index contributed by atoms with van der Waals surface area (Å²) in [5.41, 5.74) is 2.22. The third kappa shape index (κ3) is 4.91. The normalized spacial score (nSPS) is 11.8. The van der Waals surface area contributed by atoms with Crippen molar-refractivity contribution >= 4 is 29.0 Å². The Morgan fingerprint density at radius 2 is 1.74 bits per heavy atom. The molecular formula is C18H19ClN2O2. The zero-order valence-corrected chi connectivity index (χ0v) is 13.9. The molecule has 0 saturated carbocycles. The van der Waals surface area contributed by atoms with Crippen LogP contribution >= 0.6 is 11.6 Å². The van der Waals surface area contributed by atoms with Crippen LogP contribution in [0.2, 0.25) is 5.02 Å². The molecule has 2 aromatic carbocycles. The molecule has 0 spiro atoms. The highest BCUT2D eigenvalue weighted by Crippen LogP contribution is 2.15. The van der Waals surface area contributed by atoms with Gasteiger partial charge in [-0.3, -0.25) is 9.59 Å². The third-order valence-corrected chi connectivity index (χ3v) is 3.88. The van der Waals surface area contributed by atoms with Gasteiger partial charge in [0.05, 0.1) is 6.04 Å². The SMILES string of the molecule is CC(=O)c1ccc(NC(=O)[C@@H](C)NCc2ccccc2Cl)cc1. The predicted molar refractivity (Wildman–Crippen MR) is 92.8 cm³/mol. The lowest BCUT2D eigenvalue weighted by Crippen LogP contribution is -2.37. The minimum Gasteiger partial charge on any atom is -0.325 e. The molecular weight excluding hydrogens is 312 g/mol. The van der Waals surface area contributed by atoms with Crippen LogP contribution < -0.4 is 10.6 Å². The van der Waals surface area contributed by atoms with Crippen molar-refractivity contribution in [1.29, 1.82) is 0 Å². The molecule has 2 N–H and O–H groups in total. The number of carbonyl (C=O) groups is 2. The quantitative estimate of drug-likeness (QED) is 0.795. The molecule has 0 bridgehead atoms. The number of amides is 1. The Kier molecular flexibility index (Phi) is 5.90. The molecule has 0 aromatic heterocycles. The van der Waals surface area contributed by atoms with E-state index in [0.29, 0.717) is 22.8 Å². The van der Waals surface area contributed by atoms with E-state index in [1.807, 2.05) is 24.3 Å². The first kappa shape index (κ1) is 17.2. The Bertz CT molecular complexity index is 698. The van der Waals surface area contributed by atoms with Crippen molar-refractivity contribution in [2.45, 2.75) is 26.4 Å². The zero-order chi connectivity index (χ0) is 16.8. The summed E-state index contributed by atoms with van der Waals surface area (Å²) >= 11 is 6.09. The average molecular weight is 331 g/mol. The number of carbonyl (C=O) groups excluding carboxylic acids is 2. The third-order valence-electron chi connectivity index (χ3n) is 3.51. The number of halogens is 1. The number of ketones is 1. The van der Waals surface area contributed by atoms with Crippen molar-refractivity contribution in [2.75, 3.05) is 5.32 Å². The van der Waals surface area contributed by atoms with Crippen LogP contribution in [0.25, 0.3) is 0 Å². The van der Waals surface area contributed by atoms with E-state index >= 15 is 0 Å². The number of benzene rings is 2. The van der Waals surface area contributed by atoms with Crippen molar-refractivity contribution in [1.82, 2.24) is 5.32 Å². The largest absolute Gasteiger partial charge is 0.325 e. The number of anilines is 1. The highest BCUT2D eigenvalue weighted by Gasteiger charge is 2.13. The highest BCUT2D eigenvalue weighted by atomic mass is 35.5. The van der Waals surface area contributed by atoms with Gasteiger partial charge in [-0.25, -0.2) is 0 Å². The van der Waals surface area contributed by atoms with Gasteiger partial charge in [0.2, 0.25) is 5.91 Å². The van der Waals surface area contributed by atoms with E-state index in [1.165, 1.54) is 6.92 Å². The number of rotatable bonds is 6. The number of hydrogen-bond acceptors (Lipinski definition) is 3. The van der Waals surface area contributed by atoms with E-state index in [1.54, 1.807) is 31.2 Å². The van der Waals surface area contributed by atoms with Gasteiger partial charge in [-0.05, 0) is 49.7 Å². The Balaban J connectivity index is 1.89. The minimum atomic E-state index is -0.376. The van der Waals surface area contributed by atoms with Crippen LogP contribution in [0.4, 0.5) is 5.69 Å². The summed E-state index contributed by atoms with van der Waals surface area (Å²) < 4.78 is 0. The van der Waals surface area contributed by atoms with Crippen LogP contribution in [0.5, 0.6) is 0 Å². The summed E-state index contributed by atoms with van der Waals surface area (Å²) in [6.07, 6.45) is 0. The molecule has 0 fully saturated rings. The molecule has 120 valence electrons. The van der Waals surface area contributed by atoms with Gasteiger partial charge in [0.15, 0.2) is 5.78 Å². The second-order valence-electron chi connectivity index (χ2n) is 5.32. The number of Topliss-reactive ketones (excluding diaryl/α,β-unsaturated/α-hetero) is 1. The number of nitrogens with one attached hydrogen (secondary N) is 2. The van der Waals surface area contributed by atoms with E-state index in [4.69, 9.17) is 11.6 Å². The summed E-state index contributed by atoms with van der Waals surface area (Å²) in [6, 6.07) is 14.0. The van der Waals surface area contributed by atoms with Crippen molar-refractivity contribution < 1.29 is 9.59 Å². The second-order valence-corrected chi connectivity index (χ2v) is 5.72. The first-order chi connectivity index (χ1) is 11.0. The van der Waals surface area contributed by atoms with Gasteiger partial charge < -0.3 is 10.6 Å². The fourth-order valence-corrected chi connectivity index (χ4v) is 2.24. The molecule has 0 unspecified atom stereocenters. The van der Waals surface area contributed by atoms with E-state index in [-0.39, 0.29) is 17.7 Å². The molecule has 0 aliphatic rings. The number of hydrogen-bond donors (Lipinski definition) is 2. The molecule has 1 atom stereocenters. The molecule has 5 heteroatoms. The van der Waals surface area contributed by atoms with Crippen molar-refractivity contribution in [3.05, 3.63) is 64.7 Å².